The van der Waals surface area contributed by atoms with Gasteiger partial charge in [0.05, 0.1) is 22.8 Å². The molecule has 0 aliphatic heterocycles. The molecule has 2 aromatic rings. The highest BCUT2D eigenvalue weighted by molar-refractivity contribution is 6.43. The van der Waals surface area contributed by atoms with Crippen molar-refractivity contribution >= 4 is 22.8 Å². The first-order valence-electron chi connectivity index (χ1n) is 19.0. The second kappa shape index (κ2) is 24.1. The lowest BCUT2D eigenvalue weighted by Crippen LogP contribution is -2.14. The van der Waals surface area contributed by atoms with Crippen LogP contribution in [0, 0.1) is 0 Å². The van der Waals surface area contributed by atoms with Gasteiger partial charge in [0.25, 0.3) is 0 Å². The maximum Gasteiger partial charge on any atom is 0.0636 e. The molecule has 0 aliphatic carbocycles. The molecular weight excluding hydrogens is 532 g/mol. The molecule has 246 valence electrons. The van der Waals surface area contributed by atoms with E-state index >= 15 is 0 Å². The number of aryl methyl sites for hydroxylation is 4. The summed E-state index contributed by atoms with van der Waals surface area (Å²) in [4.78, 5) is 10.9. The molecule has 44 heavy (non-hydrogen) atoms. The molecule has 0 unspecified atom stereocenters. The Morgan fingerprint density at radius 2 is 0.727 bits per heavy atom. The Bertz CT molecular complexity index is 1010. The molecule has 0 aliphatic rings. The third-order valence-electron chi connectivity index (χ3n) is 8.85. The van der Waals surface area contributed by atoms with E-state index in [2.05, 4.69) is 77.9 Å². The van der Waals surface area contributed by atoms with Crippen LogP contribution in [0.25, 0.3) is 0 Å². The average Bonchev–Trinajstić information content (AvgIpc) is 3.02. The summed E-state index contributed by atoms with van der Waals surface area (Å²) in [5, 5.41) is 0. The van der Waals surface area contributed by atoms with Gasteiger partial charge in [-0.1, -0.05) is 144 Å². The van der Waals surface area contributed by atoms with E-state index < -0.39 is 0 Å². The fraction of sp³-hybridized carbons (Fsp3) is 0.667. The second-order valence-electron chi connectivity index (χ2n) is 13.1. The van der Waals surface area contributed by atoms with Crippen LogP contribution in [0.1, 0.15) is 179 Å². The van der Waals surface area contributed by atoms with E-state index in [1.165, 1.54) is 136 Å². The normalized spacial score (nSPS) is 12.3. The molecule has 0 amide bonds. The Labute approximate surface area is 273 Å². The monoisotopic (exact) mass is 601 g/mol. The zero-order valence-corrected chi connectivity index (χ0v) is 29.9. The summed E-state index contributed by atoms with van der Waals surface area (Å²) < 4.78 is 0. The molecule has 0 spiro atoms. The first-order chi connectivity index (χ1) is 21.6. The summed E-state index contributed by atoms with van der Waals surface area (Å²) in [6.45, 7) is 13.8. The van der Waals surface area contributed by atoms with Crippen molar-refractivity contribution in [1.82, 2.24) is 0 Å². The van der Waals surface area contributed by atoms with Crippen LogP contribution in [-0.2, 0) is 25.7 Å². The second-order valence-corrected chi connectivity index (χ2v) is 13.1. The standard InChI is InChI=1S/C42H68N2/c1-7-13-15-17-19-21-27-41(43-39-31-29-35(23-9-3)37(33-39)25-11-5)42(28-22-20-18-16-14-8-2)44-40-32-30-36(24-10-4)38(34-40)26-12-6/h29-34H,7-28H2,1-6H3. The zero-order chi connectivity index (χ0) is 31.8. The van der Waals surface area contributed by atoms with Crippen molar-refractivity contribution in [3.05, 3.63) is 58.7 Å². The van der Waals surface area contributed by atoms with Crippen molar-refractivity contribution in [2.45, 2.75) is 183 Å². The lowest BCUT2D eigenvalue weighted by Gasteiger charge is -2.14. The van der Waals surface area contributed by atoms with Gasteiger partial charge in [0.2, 0.25) is 0 Å². The molecule has 0 saturated heterocycles. The highest BCUT2D eigenvalue weighted by Gasteiger charge is 2.13. The lowest BCUT2D eigenvalue weighted by molar-refractivity contribution is 0.613. The number of nitrogens with zero attached hydrogens (tertiary/aromatic N) is 2. The predicted molar refractivity (Wildman–Crippen MR) is 199 cm³/mol. The van der Waals surface area contributed by atoms with E-state index in [0.29, 0.717) is 0 Å². The SMILES string of the molecule is CCCCCCCCC(=Nc1ccc(CCC)c(CCC)c1)C(CCCCCCCC)=Nc1ccc(CCC)c(CCC)c1. The van der Waals surface area contributed by atoms with Gasteiger partial charge < -0.3 is 0 Å². The van der Waals surface area contributed by atoms with Crippen molar-refractivity contribution in [3.8, 4) is 0 Å². The first kappa shape index (κ1) is 38.0. The molecule has 0 saturated carbocycles. The minimum Gasteiger partial charge on any atom is -0.252 e. The molecule has 0 fully saturated rings. The molecular formula is C42H68N2. The van der Waals surface area contributed by atoms with Crippen LogP contribution in [0.15, 0.2) is 46.4 Å². The fourth-order valence-electron chi connectivity index (χ4n) is 6.38. The van der Waals surface area contributed by atoms with E-state index in [1.54, 1.807) is 0 Å². The fourth-order valence-corrected chi connectivity index (χ4v) is 6.38. The van der Waals surface area contributed by atoms with Crippen LogP contribution in [0.5, 0.6) is 0 Å². The summed E-state index contributed by atoms with van der Waals surface area (Å²) in [5.41, 5.74) is 10.7. The number of unbranched alkanes of at least 4 members (excludes halogenated alkanes) is 10. The van der Waals surface area contributed by atoms with Gasteiger partial charge in [-0.25, -0.2) is 0 Å². The maximum absolute atomic E-state index is 5.45. The molecule has 0 radical (unpaired) electrons. The van der Waals surface area contributed by atoms with Gasteiger partial charge in [0.1, 0.15) is 0 Å². The van der Waals surface area contributed by atoms with Crippen molar-refractivity contribution in [3.63, 3.8) is 0 Å². The molecule has 0 heterocycles. The van der Waals surface area contributed by atoms with Gasteiger partial charge >= 0.3 is 0 Å². The molecule has 0 N–H and O–H groups in total. The molecule has 0 bridgehead atoms. The van der Waals surface area contributed by atoms with Crippen LogP contribution in [0.2, 0.25) is 0 Å². The van der Waals surface area contributed by atoms with Crippen LogP contribution >= 0.6 is 0 Å². The Morgan fingerprint density at radius 3 is 1.09 bits per heavy atom. The molecule has 2 rings (SSSR count). The van der Waals surface area contributed by atoms with Crippen LogP contribution in [0.3, 0.4) is 0 Å². The number of benzene rings is 2. The quantitative estimate of drug-likeness (QED) is 0.0800. The summed E-state index contributed by atoms with van der Waals surface area (Å²) in [6, 6.07) is 14.0. The number of rotatable bonds is 25. The van der Waals surface area contributed by atoms with Gasteiger partial charge in [0, 0.05) is 0 Å². The highest BCUT2D eigenvalue weighted by atomic mass is 14.8. The Kier molecular flexibility index (Phi) is 20.8. The van der Waals surface area contributed by atoms with Crippen LogP contribution in [-0.4, -0.2) is 11.4 Å². The largest absolute Gasteiger partial charge is 0.252 e. The van der Waals surface area contributed by atoms with Crippen LogP contribution in [0.4, 0.5) is 11.4 Å². The minimum absolute atomic E-state index is 1.02. The molecule has 0 aromatic heterocycles. The maximum atomic E-state index is 5.45. The van der Waals surface area contributed by atoms with Crippen molar-refractivity contribution < 1.29 is 0 Å². The smallest absolute Gasteiger partial charge is 0.0636 e. The third kappa shape index (κ3) is 14.7. The van der Waals surface area contributed by atoms with Crippen molar-refractivity contribution in [1.29, 1.82) is 0 Å². The van der Waals surface area contributed by atoms with Crippen molar-refractivity contribution in [2.75, 3.05) is 0 Å². The predicted octanol–water partition coefficient (Wildman–Crippen LogP) is 13.8. The summed E-state index contributed by atoms with van der Waals surface area (Å²) >= 11 is 0. The molecule has 0 atom stereocenters. The first-order valence-corrected chi connectivity index (χ1v) is 19.0. The molecule has 2 nitrogen and oxygen atoms in total. The number of aliphatic imine (C=N–C) groups is 2. The summed E-state index contributed by atoms with van der Waals surface area (Å²) in [5.74, 6) is 0. The van der Waals surface area contributed by atoms with E-state index in [0.717, 1.165) is 49.9 Å². The number of hydrogen-bond donors (Lipinski definition) is 0. The van der Waals surface area contributed by atoms with Gasteiger partial charge in [-0.05, 0) is 97.9 Å². The lowest BCUT2D eigenvalue weighted by atomic mass is 9.97. The summed E-state index contributed by atoms with van der Waals surface area (Å²) in [7, 11) is 0. The van der Waals surface area contributed by atoms with E-state index in [4.69, 9.17) is 9.98 Å². The minimum atomic E-state index is 1.02. The van der Waals surface area contributed by atoms with E-state index in [-0.39, 0.29) is 0 Å². The Hall–Kier alpha value is -2.22. The Morgan fingerprint density at radius 1 is 0.386 bits per heavy atom. The zero-order valence-electron chi connectivity index (χ0n) is 29.9. The summed E-state index contributed by atoms with van der Waals surface area (Å²) in [6.07, 6.45) is 27.0. The van der Waals surface area contributed by atoms with Crippen LogP contribution < -0.4 is 0 Å². The van der Waals surface area contributed by atoms with Gasteiger partial charge in [-0.3, -0.25) is 9.98 Å². The van der Waals surface area contributed by atoms with Crippen molar-refractivity contribution in [2.24, 2.45) is 9.98 Å². The Balaban J connectivity index is 2.51. The van der Waals surface area contributed by atoms with Gasteiger partial charge in [-0.15, -0.1) is 0 Å². The third-order valence-corrected chi connectivity index (χ3v) is 8.85. The molecule has 2 aromatic carbocycles. The van der Waals surface area contributed by atoms with E-state index in [1.807, 2.05) is 0 Å². The van der Waals surface area contributed by atoms with Gasteiger partial charge in [-0.2, -0.15) is 0 Å². The highest BCUT2D eigenvalue weighted by Crippen LogP contribution is 2.26. The molecule has 2 heteroatoms. The topological polar surface area (TPSA) is 24.7 Å². The van der Waals surface area contributed by atoms with Gasteiger partial charge in [0.15, 0.2) is 0 Å². The van der Waals surface area contributed by atoms with E-state index in [9.17, 15) is 0 Å². The average molecular weight is 601 g/mol. The number of hydrogen-bond acceptors (Lipinski definition) is 2.